The monoisotopic (exact) mass is 428 g/mol. The molecule has 0 atom stereocenters. The molecule has 1 aromatic carbocycles. The van der Waals surface area contributed by atoms with Crippen LogP contribution in [-0.2, 0) is 6.54 Å². The number of carbonyl (C=O) groups excluding carboxylic acids is 1. The van der Waals surface area contributed by atoms with Gasteiger partial charge in [-0.15, -0.1) is 22.7 Å². The molecule has 2 aliphatic rings. The number of aromatic nitrogens is 1. The zero-order chi connectivity index (χ0) is 19.6. The standard InChI is InChI=1S/C20H20N4O3S2/c25-20(21-14-3-4-16-17(10-14)27-13-26-16)24-7-5-23(6-8-24)11-19-22-15(12-29-19)18-2-1-9-28-18/h1-4,9-10,12H,5-8,11,13H2,(H,21,25). The quantitative estimate of drug-likeness (QED) is 0.682. The third-order valence-electron chi connectivity index (χ3n) is 4.97. The van der Waals surface area contributed by atoms with Crippen LogP contribution in [0.3, 0.4) is 0 Å². The first-order valence-corrected chi connectivity index (χ1v) is 11.2. The third-order valence-corrected chi connectivity index (χ3v) is 6.69. The topological polar surface area (TPSA) is 66.9 Å². The maximum Gasteiger partial charge on any atom is 0.321 e. The van der Waals surface area contributed by atoms with E-state index in [1.54, 1.807) is 28.7 Å². The molecule has 0 unspecified atom stereocenters. The van der Waals surface area contributed by atoms with Crippen LogP contribution in [-0.4, -0.2) is 53.8 Å². The molecule has 1 fully saturated rings. The summed E-state index contributed by atoms with van der Waals surface area (Å²) in [6.45, 7) is 4.11. The van der Waals surface area contributed by atoms with Gasteiger partial charge in [0.15, 0.2) is 11.5 Å². The van der Waals surface area contributed by atoms with Crippen LogP contribution in [0.4, 0.5) is 10.5 Å². The highest BCUT2D eigenvalue weighted by atomic mass is 32.1. The predicted molar refractivity (Wildman–Crippen MR) is 114 cm³/mol. The van der Waals surface area contributed by atoms with Gasteiger partial charge in [0.25, 0.3) is 0 Å². The number of amides is 2. The van der Waals surface area contributed by atoms with Crippen LogP contribution in [0.25, 0.3) is 10.6 Å². The molecule has 0 spiro atoms. The number of ether oxygens (including phenoxy) is 2. The Labute approximate surface area is 176 Å². The van der Waals surface area contributed by atoms with E-state index in [2.05, 4.69) is 27.0 Å². The molecular weight excluding hydrogens is 408 g/mol. The van der Waals surface area contributed by atoms with Gasteiger partial charge in [-0.25, -0.2) is 9.78 Å². The molecule has 2 amide bonds. The first-order chi connectivity index (χ1) is 14.2. The number of carbonyl (C=O) groups is 1. The van der Waals surface area contributed by atoms with E-state index in [0.29, 0.717) is 30.3 Å². The summed E-state index contributed by atoms with van der Waals surface area (Å²) in [4.78, 5) is 22.7. The van der Waals surface area contributed by atoms with Crippen LogP contribution in [0, 0.1) is 0 Å². The molecule has 7 nitrogen and oxygen atoms in total. The van der Waals surface area contributed by atoms with Crippen LogP contribution in [0.1, 0.15) is 5.01 Å². The minimum absolute atomic E-state index is 0.0854. The third kappa shape index (κ3) is 4.07. The molecule has 0 bridgehead atoms. The molecule has 150 valence electrons. The van der Waals surface area contributed by atoms with Crippen molar-refractivity contribution in [3.8, 4) is 22.1 Å². The van der Waals surface area contributed by atoms with Crippen LogP contribution < -0.4 is 14.8 Å². The van der Waals surface area contributed by atoms with Crippen LogP contribution in [0.5, 0.6) is 11.5 Å². The fourth-order valence-electron chi connectivity index (χ4n) is 3.40. The van der Waals surface area contributed by atoms with Gasteiger partial charge in [-0.05, 0) is 23.6 Å². The number of hydrogen-bond acceptors (Lipinski definition) is 7. The Bertz CT molecular complexity index is 997. The molecule has 9 heteroatoms. The van der Waals surface area contributed by atoms with E-state index in [0.717, 1.165) is 30.3 Å². The maximum atomic E-state index is 12.6. The van der Waals surface area contributed by atoms with Gasteiger partial charge in [-0.1, -0.05) is 6.07 Å². The molecule has 0 radical (unpaired) electrons. The molecule has 5 rings (SSSR count). The van der Waals surface area contributed by atoms with Gasteiger partial charge in [0.1, 0.15) is 5.01 Å². The Hall–Kier alpha value is -2.62. The number of hydrogen-bond donors (Lipinski definition) is 1. The van der Waals surface area contributed by atoms with E-state index in [9.17, 15) is 4.79 Å². The van der Waals surface area contributed by atoms with E-state index in [1.165, 1.54) is 4.88 Å². The predicted octanol–water partition coefficient (Wildman–Crippen LogP) is 3.95. The van der Waals surface area contributed by atoms with Crippen LogP contribution >= 0.6 is 22.7 Å². The van der Waals surface area contributed by atoms with E-state index >= 15 is 0 Å². The Morgan fingerprint density at radius 1 is 1.10 bits per heavy atom. The van der Waals surface area contributed by atoms with Crippen molar-refractivity contribution in [3.05, 3.63) is 46.1 Å². The van der Waals surface area contributed by atoms with Crippen LogP contribution in [0.2, 0.25) is 0 Å². The average Bonchev–Trinajstić information content (AvgIpc) is 3.49. The number of fused-ring (bicyclic) bond motifs is 1. The Balaban J connectivity index is 1.13. The van der Waals surface area contributed by atoms with Crippen molar-refractivity contribution < 1.29 is 14.3 Å². The average molecular weight is 429 g/mol. The molecule has 2 aromatic heterocycles. The summed E-state index contributed by atoms with van der Waals surface area (Å²) in [6.07, 6.45) is 0. The number of thiophene rings is 1. The Morgan fingerprint density at radius 3 is 2.79 bits per heavy atom. The molecular formula is C20H20N4O3S2. The van der Waals surface area contributed by atoms with Crippen molar-refractivity contribution in [1.29, 1.82) is 0 Å². The summed E-state index contributed by atoms with van der Waals surface area (Å²) in [7, 11) is 0. The molecule has 4 heterocycles. The lowest BCUT2D eigenvalue weighted by atomic mass is 10.2. The summed E-state index contributed by atoms with van der Waals surface area (Å²) in [5.41, 5.74) is 1.77. The summed E-state index contributed by atoms with van der Waals surface area (Å²) in [5, 5.41) is 8.26. The van der Waals surface area contributed by atoms with E-state index in [-0.39, 0.29) is 12.8 Å². The fourth-order valence-corrected chi connectivity index (χ4v) is 4.99. The number of urea groups is 1. The van der Waals surface area contributed by atoms with Gasteiger partial charge in [-0.3, -0.25) is 4.90 Å². The maximum absolute atomic E-state index is 12.6. The minimum Gasteiger partial charge on any atom is -0.454 e. The van der Waals surface area contributed by atoms with Gasteiger partial charge in [-0.2, -0.15) is 0 Å². The molecule has 1 N–H and O–H groups in total. The number of nitrogens with zero attached hydrogens (tertiary/aromatic N) is 3. The number of rotatable bonds is 4. The largest absolute Gasteiger partial charge is 0.454 e. The normalized spacial score (nSPS) is 16.2. The lowest BCUT2D eigenvalue weighted by Gasteiger charge is -2.34. The number of thiazole rings is 1. The SMILES string of the molecule is O=C(Nc1ccc2c(c1)OCO2)N1CCN(Cc2nc(-c3cccs3)cs2)CC1. The second-order valence-corrected chi connectivity index (χ2v) is 8.76. The van der Waals surface area contributed by atoms with Gasteiger partial charge in [0.05, 0.1) is 17.1 Å². The molecule has 0 aliphatic carbocycles. The number of piperazine rings is 1. The van der Waals surface area contributed by atoms with Gasteiger partial charge in [0.2, 0.25) is 6.79 Å². The highest BCUT2D eigenvalue weighted by molar-refractivity contribution is 7.14. The van der Waals surface area contributed by atoms with E-state index < -0.39 is 0 Å². The van der Waals surface area contributed by atoms with Crippen molar-refractivity contribution in [2.45, 2.75) is 6.54 Å². The van der Waals surface area contributed by atoms with E-state index in [1.807, 2.05) is 23.1 Å². The number of benzene rings is 1. The molecule has 2 aliphatic heterocycles. The second-order valence-electron chi connectivity index (χ2n) is 6.87. The molecule has 0 saturated carbocycles. The highest BCUT2D eigenvalue weighted by Gasteiger charge is 2.23. The van der Waals surface area contributed by atoms with Gasteiger partial charge >= 0.3 is 6.03 Å². The van der Waals surface area contributed by atoms with Gasteiger partial charge in [0, 0.05) is 43.3 Å². The summed E-state index contributed by atoms with van der Waals surface area (Å²) >= 11 is 3.41. The zero-order valence-electron chi connectivity index (χ0n) is 15.7. The lowest BCUT2D eigenvalue weighted by molar-refractivity contribution is 0.143. The highest BCUT2D eigenvalue weighted by Crippen LogP contribution is 2.34. The second kappa shape index (κ2) is 8.02. The fraction of sp³-hybridized carbons (Fsp3) is 0.300. The summed E-state index contributed by atoms with van der Waals surface area (Å²) in [6, 6.07) is 9.50. The van der Waals surface area contributed by atoms with Gasteiger partial charge < -0.3 is 19.7 Å². The first kappa shape index (κ1) is 18.4. The zero-order valence-corrected chi connectivity index (χ0v) is 17.3. The number of nitrogens with one attached hydrogen (secondary N) is 1. The van der Waals surface area contributed by atoms with Crippen LogP contribution in [0.15, 0.2) is 41.1 Å². The first-order valence-electron chi connectivity index (χ1n) is 9.41. The van der Waals surface area contributed by atoms with Crippen molar-refractivity contribution in [2.24, 2.45) is 0 Å². The van der Waals surface area contributed by atoms with Crippen molar-refractivity contribution in [3.63, 3.8) is 0 Å². The minimum atomic E-state index is -0.0854. The Morgan fingerprint density at radius 2 is 1.97 bits per heavy atom. The molecule has 29 heavy (non-hydrogen) atoms. The summed E-state index contributed by atoms with van der Waals surface area (Å²) in [5.74, 6) is 1.37. The summed E-state index contributed by atoms with van der Waals surface area (Å²) < 4.78 is 10.7. The smallest absolute Gasteiger partial charge is 0.321 e. The van der Waals surface area contributed by atoms with Crippen molar-refractivity contribution >= 4 is 34.4 Å². The Kier molecular flexibility index (Phi) is 5.09. The van der Waals surface area contributed by atoms with Crippen molar-refractivity contribution in [2.75, 3.05) is 38.3 Å². The number of anilines is 1. The molecule has 3 aromatic rings. The van der Waals surface area contributed by atoms with E-state index in [4.69, 9.17) is 14.5 Å². The lowest BCUT2D eigenvalue weighted by Crippen LogP contribution is -2.49. The van der Waals surface area contributed by atoms with Crippen molar-refractivity contribution in [1.82, 2.24) is 14.8 Å². The molecule has 1 saturated heterocycles.